The SMILES string of the molecule is COc1cc(-c2cc(C(=O)N3CCC(C(=O)NCc4ccon4)CC3)n[nH]2)c(Cl)cn1. The van der Waals surface area contributed by atoms with Gasteiger partial charge in [0.05, 0.1) is 30.6 Å². The molecule has 11 heteroatoms. The van der Waals surface area contributed by atoms with E-state index in [0.717, 1.165) is 0 Å². The van der Waals surface area contributed by atoms with Crippen molar-refractivity contribution in [3.8, 4) is 17.1 Å². The van der Waals surface area contributed by atoms with Crippen LogP contribution < -0.4 is 10.1 Å². The number of likely N-dealkylation sites (tertiary alicyclic amines) is 1. The molecule has 0 aromatic carbocycles. The summed E-state index contributed by atoms with van der Waals surface area (Å²) in [6.45, 7) is 1.28. The van der Waals surface area contributed by atoms with E-state index in [1.807, 2.05) is 0 Å². The number of aromatic amines is 1. The molecule has 10 nitrogen and oxygen atoms in total. The maximum absolute atomic E-state index is 12.9. The average molecular weight is 445 g/mol. The van der Waals surface area contributed by atoms with Gasteiger partial charge in [-0.15, -0.1) is 0 Å². The number of carbonyl (C=O) groups is 2. The summed E-state index contributed by atoms with van der Waals surface area (Å²) in [5, 5.41) is 14.0. The van der Waals surface area contributed by atoms with Crippen molar-refractivity contribution < 1.29 is 18.8 Å². The Kier molecular flexibility index (Phi) is 6.17. The summed E-state index contributed by atoms with van der Waals surface area (Å²) < 4.78 is 9.88. The van der Waals surface area contributed by atoms with Gasteiger partial charge in [0.2, 0.25) is 11.8 Å². The number of H-pyrrole nitrogens is 1. The minimum absolute atomic E-state index is 0.0431. The summed E-state index contributed by atoms with van der Waals surface area (Å²) in [6.07, 6.45) is 4.11. The number of carbonyl (C=O) groups excluding carboxylic acids is 2. The number of hydrogen-bond donors (Lipinski definition) is 2. The van der Waals surface area contributed by atoms with Crippen LogP contribution in [0.15, 0.2) is 35.2 Å². The minimum atomic E-state index is -0.193. The van der Waals surface area contributed by atoms with Crippen LogP contribution >= 0.6 is 11.6 Å². The van der Waals surface area contributed by atoms with Crippen LogP contribution in [-0.2, 0) is 11.3 Å². The van der Waals surface area contributed by atoms with Gasteiger partial charge in [-0.05, 0) is 18.9 Å². The van der Waals surface area contributed by atoms with Gasteiger partial charge in [0.15, 0.2) is 5.69 Å². The molecular formula is C20H21ClN6O4. The first kappa shape index (κ1) is 20.9. The molecule has 0 spiro atoms. The summed E-state index contributed by atoms with van der Waals surface area (Å²) in [5.74, 6) is 0.0269. The largest absolute Gasteiger partial charge is 0.481 e. The normalized spacial score (nSPS) is 14.5. The van der Waals surface area contributed by atoms with Crippen LogP contribution in [0.25, 0.3) is 11.3 Å². The number of pyridine rings is 1. The molecule has 3 aromatic rings. The number of ether oxygens (including phenoxy) is 1. The number of methoxy groups -OCH3 is 1. The van der Waals surface area contributed by atoms with Crippen molar-refractivity contribution in [3.05, 3.63) is 47.1 Å². The number of halogens is 1. The predicted molar refractivity (Wildman–Crippen MR) is 110 cm³/mol. The summed E-state index contributed by atoms with van der Waals surface area (Å²) in [6, 6.07) is 5.03. The number of aromatic nitrogens is 4. The predicted octanol–water partition coefficient (Wildman–Crippen LogP) is 2.29. The average Bonchev–Trinajstić information content (AvgIpc) is 3.50. The van der Waals surface area contributed by atoms with Gasteiger partial charge in [-0.25, -0.2) is 4.98 Å². The first-order valence-electron chi connectivity index (χ1n) is 9.76. The molecule has 2 N–H and O–H groups in total. The molecule has 0 atom stereocenters. The van der Waals surface area contributed by atoms with E-state index in [1.54, 1.807) is 23.1 Å². The van der Waals surface area contributed by atoms with Crippen molar-refractivity contribution in [3.63, 3.8) is 0 Å². The van der Waals surface area contributed by atoms with Crippen LogP contribution in [0.2, 0.25) is 5.02 Å². The fourth-order valence-electron chi connectivity index (χ4n) is 3.46. The molecule has 4 rings (SSSR count). The van der Waals surface area contributed by atoms with Crippen molar-refractivity contribution in [2.45, 2.75) is 19.4 Å². The Balaban J connectivity index is 1.34. The van der Waals surface area contributed by atoms with Crippen molar-refractivity contribution in [1.82, 2.24) is 30.6 Å². The molecule has 1 aliphatic heterocycles. The Hall–Kier alpha value is -3.40. The van der Waals surface area contributed by atoms with Crippen molar-refractivity contribution in [2.24, 2.45) is 5.92 Å². The standard InChI is InChI=1S/C20H21ClN6O4/c1-30-18-8-14(15(21)11-22-18)16-9-17(25-24-16)20(29)27-5-2-12(3-6-27)19(28)23-10-13-4-7-31-26-13/h4,7-9,11-12H,2-3,5-6,10H2,1H3,(H,23,28)(H,24,25). The molecule has 1 fully saturated rings. The first-order chi connectivity index (χ1) is 15.0. The highest BCUT2D eigenvalue weighted by atomic mass is 35.5. The van der Waals surface area contributed by atoms with E-state index in [-0.39, 0.29) is 23.4 Å². The Morgan fingerprint density at radius 3 is 2.87 bits per heavy atom. The number of amides is 2. The van der Waals surface area contributed by atoms with Crippen LogP contribution in [0.4, 0.5) is 0 Å². The Morgan fingerprint density at radius 2 is 2.16 bits per heavy atom. The number of nitrogens with one attached hydrogen (secondary N) is 2. The van der Waals surface area contributed by atoms with Gasteiger partial charge >= 0.3 is 0 Å². The fraction of sp³-hybridized carbons (Fsp3) is 0.350. The van der Waals surface area contributed by atoms with E-state index in [9.17, 15) is 9.59 Å². The highest BCUT2D eigenvalue weighted by molar-refractivity contribution is 6.33. The maximum Gasteiger partial charge on any atom is 0.274 e. The lowest BCUT2D eigenvalue weighted by atomic mass is 9.95. The second-order valence-corrected chi connectivity index (χ2v) is 7.56. The molecule has 0 saturated carbocycles. The molecule has 162 valence electrons. The van der Waals surface area contributed by atoms with Crippen molar-refractivity contribution in [2.75, 3.05) is 20.2 Å². The smallest absolute Gasteiger partial charge is 0.274 e. The monoisotopic (exact) mass is 444 g/mol. The van der Waals surface area contributed by atoms with E-state index < -0.39 is 0 Å². The Bertz CT molecular complexity index is 1060. The zero-order valence-corrected chi connectivity index (χ0v) is 17.6. The Labute approximate surface area is 182 Å². The quantitative estimate of drug-likeness (QED) is 0.597. The number of rotatable bonds is 6. The first-order valence-corrected chi connectivity index (χ1v) is 10.1. The molecule has 1 aliphatic rings. The summed E-state index contributed by atoms with van der Waals surface area (Å²) in [7, 11) is 1.51. The van der Waals surface area contributed by atoms with Gasteiger partial charge in [0.1, 0.15) is 12.0 Å². The van der Waals surface area contributed by atoms with Crippen LogP contribution in [0.1, 0.15) is 29.0 Å². The molecule has 2 amide bonds. The highest BCUT2D eigenvalue weighted by Crippen LogP contribution is 2.29. The lowest BCUT2D eigenvalue weighted by molar-refractivity contribution is -0.126. The third kappa shape index (κ3) is 4.69. The molecule has 4 heterocycles. The van der Waals surface area contributed by atoms with Crippen molar-refractivity contribution >= 4 is 23.4 Å². The van der Waals surface area contributed by atoms with E-state index in [0.29, 0.717) is 60.3 Å². The maximum atomic E-state index is 12.9. The van der Waals surface area contributed by atoms with Gasteiger partial charge in [0.25, 0.3) is 5.91 Å². The van der Waals surface area contributed by atoms with Crippen LogP contribution in [0.3, 0.4) is 0 Å². The summed E-state index contributed by atoms with van der Waals surface area (Å²) in [5.41, 5.74) is 2.19. The number of piperidine rings is 1. The Morgan fingerprint density at radius 1 is 1.35 bits per heavy atom. The zero-order valence-electron chi connectivity index (χ0n) is 16.8. The minimum Gasteiger partial charge on any atom is -0.481 e. The molecule has 0 unspecified atom stereocenters. The molecule has 31 heavy (non-hydrogen) atoms. The third-order valence-electron chi connectivity index (χ3n) is 5.21. The third-order valence-corrected chi connectivity index (χ3v) is 5.52. The van der Waals surface area contributed by atoms with E-state index in [4.69, 9.17) is 20.9 Å². The summed E-state index contributed by atoms with van der Waals surface area (Å²) >= 11 is 6.22. The molecule has 3 aromatic heterocycles. The second-order valence-electron chi connectivity index (χ2n) is 7.15. The number of hydrogen-bond acceptors (Lipinski definition) is 7. The topological polar surface area (TPSA) is 126 Å². The molecule has 0 aliphatic carbocycles. The van der Waals surface area contributed by atoms with Gasteiger partial charge in [0, 0.05) is 36.7 Å². The molecular weight excluding hydrogens is 424 g/mol. The molecule has 0 radical (unpaired) electrons. The van der Waals surface area contributed by atoms with Crippen LogP contribution in [0.5, 0.6) is 5.88 Å². The number of nitrogens with zero attached hydrogens (tertiary/aromatic N) is 4. The lowest BCUT2D eigenvalue weighted by Gasteiger charge is -2.30. The van der Waals surface area contributed by atoms with Crippen molar-refractivity contribution in [1.29, 1.82) is 0 Å². The lowest BCUT2D eigenvalue weighted by Crippen LogP contribution is -2.43. The van der Waals surface area contributed by atoms with Gasteiger partial charge in [-0.1, -0.05) is 16.8 Å². The van der Waals surface area contributed by atoms with E-state index >= 15 is 0 Å². The van der Waals surface area contributed by atoms with E-state index in [2.05, 4.69) is 25.7 Å². The van der Waals surface area contributed by atoms with E-state index in [1.165, 1.54) is 19.6 Å². The summed E-state index contributed by atoms with van der Waals surface area (Å²) in [4.78, 5) is 31.0. The van der Waals surface area contributed by atoms with Crippen LogP contribution in [0, 0.1) is 5.92 Å². The zero-order chi connectivity index (χ0) is 21.8. The van der Waals surface area contributed by atoms with Crippen LogP contribution in [-0.4, -0.2) is 57.3 Å². The van der Waals surface area contributed by atoms with Gasteiger partial charge in [-0.3, -0.25) is 14.7 Å². The van der Waals surface area contributed by atoms with Gasteiger partial charge < -0.3 is 19.5 Å². The molecule has 1 saturated heterocycles. The second kappa shape index (κ2) is 9.17. The highest BCUT2D eigenvalue weighted by Gasteiger charge is 2.29. The van der Waals surface area contributed by atoms with Gasteiger partial charge in [-0.2, -0.15) is 5.10 Å². The fourth-order valence-corrected chi connectivity index (χ4v) is 3.67. The molecule has 0 bridgehead atoms.